The van der Waals surface area contributed by atoms with Gasteiger partial charge in [-0.05, 0) is 58.7 Å². The third kappa shape index (κ3) is 5.46. The van der Waals surface area contributed by atoms with Gasteiger partial charge in [-0.3, -0.25) is 4.79 Å². The molecule has 1 amide bonds. The van der Waals surface area contributed by atoms with Crippen LogP contribution in [0.1, 0.15) is 29.2 Å². The van der Waals surface area contributed by atoms with Crippen molar-refractivity contribution in [2.24, 2.45) is 0 Å². The van der Waals surface area contributed by atoms with Crippen molar-refractivity contribution in [2.75, 3.05) is 13.2 Å². The summed E-state index contributed by atoms with van der Waals surface area (Å²) in [7, 11) is 0. The Morgan fingerprint density at radius 2 is 2.24 bits per heavy atom. The van der Waals surface area contributed by atoms with Gasteiger partial charge in [0.25, 0.3) is 0 Å². The van der Waals surface area contributed by atoms with Crippen molar-refractivity contribution >= 4 is 34.7 Å². The number of hydrogen-bond acceptors (Lipinski definition) is 4. The molecule has 2 heterocycles. The Balaban J connectivity index is 1.75. The van der Waals surface area contributed by atoms with Crippen LogP contribution >= 0.6 is 22.7 Å². The molecule has 0 aliphatic carbocycles. The van der Waals surface area contributed by atoms with Crippen LogP contribution in [-0.4, -0.2) is 24.2 Å². The summed E-state index contributed by atoms with van der Waals surface area (Å²) >= 11 is 3.27. The van der Waals surface area contributed by atoms with E-state index >= 15 is 0 Å². The van der Waals surface area contributed by atoms with E-state index in [-0.39, 0.29) is 12.5 Å². The number of aliphatic hydroxyl groups excluding tert-OH is 1. The van der Waals surface area contributed by atoms with Gasteiger partial charge in [-0.2, -0.15) is 11.3 Å². The summed E-state index contributed by atoms with van der Waals surface area (Å²) in [4.78, 5) is 12.8. The highest BCUT2D eigenvalue weighted by molar-refractivity contribution is 7.10. The van der Waals surface area contributed by atoms with Gasteiger partial charge in [-0.15, -0.1) is 11.3 Å². The number of hydrogen-bond donors (Lipinski definition) is 2. The van der Waals surface area contributed by atoms with Crippen molar-refractivity contribution in [2.45, 2.75) is 18.8 Å². The fourth-order valence-corrected chi connectivity index (χ4v) is 3.47. The zero-order valence-corrected chi connectivity index (χ0v) is 13.3. The third-order valence-electron chi connectivity index (χ3n) is 3.23. The molecule has 0 saturated carbocycles. The average molecular weight is 321 g/mol. The van der Waals surface area contributed by atoms with E-state index in [1.54, 1.807) is 28.7 Å². The number of amides is 1. The Kier molecular flexibility index (Phi) is 6.66. The summed E-state index contributed by atoms with van der Waals surface area (Å²) in [6.45, 7) is 0.793. The van der Waals surface area contributed by atoms with E-state index in [1.807, 2.05) is 29.0 Å². The third-order valence-corrected chi connectivity index (χ3v) is 4.77. The molecule has 2 N–H and O–H groups in total. The van der Waals surface area contributed by atoms with Crippen LogP contribution in [0.15, 0.2) is 40.4 Å². The lowest BCUT2D eigenvalue weighted by atomic mass is 9.95. The van der Waals surface area contributed by atoms with Gasteiger partial charge in [0.1, 0.15) is 0 Å². The molecule has 1 atom stereocenters. The molecule has 0 saturated heterocycles. The molecule has 5 heteroatoms. The molecular formula is C16H19NO2S2. The molecule has 2 aromatic rings. The van der Waals surface area contributed by atoms with Crippen LogP contribution in [0.3, 0.4) is 0 Å². The Bertz CT molecular complexity index is 547. The zero-order valence-electron chi connectivity index (χ0n) is 11.7. The minimum Gasteiger partial charge on any atom is -0.396 e. The molecule has 0 aliphatic rings. The number of aliphatic hydroxyl groups is 1. The van der Waals surface area contributed by atoms with Crippen molar-refractivity contribution in [3.8, 4) is 0 Å². The van der Waals surface area contributed by atoms with E-state index in [2.05, 4.69) is 16.8 Å². The van der Waals surface area contributed by atoms with Crippen LogP contribution in [0.5, 0.6) is 0 Å². The molecular weight excluding hydrogens is 302 g/mol. The Morgan fingerprint density at radius 1 is 1.33 bits per heavy atom. The van der Waals surface area contributed by atoms with E-state index in [0.717, 1.165) is 17.7 Å². The molecule has 0 aromatic carbocycles. The summed E-state index contributed by atoms with van der Waals surface area (Å²) in [6, 6.07) is 6.02. The maximum Gasteiger partial charge on any atom is 0.244 e. The van der Waals surface area contributed by atoms with Gasteiger partial charge in [0.2, 0.25) is 5.91 Å². The molecule has 2 aromatic heterocycles. The van der Waals surface area contributed by atoms with Crippen molar-refractivity contribution in [1.82, 2.24) is 5.32 Å². The Morgan fingerprint density at radius 3 is 2.90 bits per heavy atom. The lowest BCUT2D eigenvalue weighted by Crippen LogP contribution is -2.23. The van der Waals surface area contributed by atoms with Gasteiger partial charge in [0.05, 0.1) is 0 Å². The first-order valence-corrected chi connectivity index (χ1v) is 8.74. The molecule has 2 rings (SSSR count). The molecule has 1 unspecified atom stereocenters. The van der Waals surface area contributed by atoms with E-state index in [9.17, 15) is 4.79 Å². The number of carbonyl (C=O) groups is 1. The first-order valence-electron chi connectivity index (χ1n) is 6.92. The Hall–Kier alpha value is -1.43. The highest BCUT2D eigenvalue weighted by Crippen LogP contribution is 2.24. The maximum absolute atomic E-state index is 11.7. The van der Waals surface area contributed by atoms with Gasteiger partial charge in [0, 0.05) is 24.1 Å². The summed E-state index contributed by atoms with van der Waals surface area (Å²) in [6.07, 6.45) is 4.97. The van der Waals surface area contributed by atoms with Gasteiger partial charge >= 0.3 is 0 Å². The van der Waals surface area contributed by atoms with E-state index in [1.165, 1.54) is 5.56 Å². The smallest absolute Gasteiger partial charge is 0.244 e. The quantitative estimate of drug-likeness (QED) is 0.731. The largest absolute Gasteiger partial charge is 0.396 e. The molecule has 21 heavy (non-hydrogen) atoms. The van der Waals surface area contributed by atoms with E-state index in [0.29, 0.717) is 12.5 Å². The van der Waals surface area contributed by atoms with Crippen LogP contribution < -0.4 is 5.32 Å². The second-order valence-electron chi connectivity index (χ2n) is 4.69. The van der Waals surface area contributed by atoms with Crippen LogP contribution in [0, 0.1) is 0 Å². The van der Waals surface area contributed by atoms with Crippen LogP contribution in [-0.2, 0) is 4.79 Å². The molecule has 0 fully saturated rings. The average Bonchev–Trinajstić information content (AvgIpc) is 3.17. The predicted octanol–water partition coefficient (Wildman–Crippen LogP) is 3.50. The fourth-order valence-electron chi connectivity index (χ4n) is 2.11. The highest BCUT2D eigenvalue weighted by Gasteiger charge is 2.11. The molecule has 112 valence electrons. The number of nitrogens with one attached hydrogen (secondary N) is 1. The zero-order chi connectivity index (χ0) is 14.9. The fraction of sp³-hybridized carbons (Fsp3) is 0.312. The number of thiophene rings is 2. The SMILES string of the molecule is O=C(C=Cc1cccs1)NCCC(CCO)c1ccsc1. The molecule has 0 spiro atoms. The predicted molar refractivity (Wildman–Crippen MR) is 89.7 cm³/mol. The van der Waals surface area contributed by atoms with Gasteiger partial charge in [0.15, 0.2) is 0 Å². The second-order valence-corrected chi connectivity index (χ2v) is 6.45. The van der Waals surface area contributed by atoms with Crippen LogP contribution in [0.2, 0.25) is 0 Å². The summed E-state index contributed by atoms with van der Waals surface area (Å²) in [5, 5.41) is 18.2. The maximum atomic E-state index is 11.7. The lowest BCUT2D eigenvalue weighted by molar-refractivity contribution is -0.116. The topological polar surface area (TPSA) is 49.3 Å². The van der Waals surface area contributed by atoms with Crippen molar-refractivity contribution < 1.29 is 9.90 Å². The van der Waals surface area contributed by atoms with E-state index < -0.39 is 0 Å². The highest BCUT2D eigenvalue weighted by atomic mass is 32.1. The minimum atomic E-state index is -0.0727. The first kappa shape index (κ1) is 15.9. The van der Waals surface area contributed by atoms with Crippen molar-refractivity contribution in [1.29, 1.82) is 0 Å². The molecule has 0 bridgehead atoms. The summed E-state index contributed by atoms with van der Waals surface area (Å²) in [5.74, 6) is 0.235. The normalized spacial score (nSPS) is 12.6. The van der Waals surface area contributed by atoms with Gasteiger partial charge in [-0.1, -0.05) is 6.07 Å². The lowest BCUT2D eigenvalue weighted by Gasteiger charge is -2.14. The Labute approximate surface area is 133 Å². The standard InChI is InChI=1S/C16H19NO2S2/c18-9-6-13(14-7-11-20-12-14)5-8-17-16(19)4-3-15-2-1-10-21-15/h1-4,7,10-13,18H,5-6,8-9H2,(H,17,19). The number of carbonyl (C=O) groups excluding carboxylic acids is 1. The van der Waals surface area contributed by atoms with E-state index in [4.69, 9.17) is 5.11 Å². The molecule has 0 aliphatic heterocycles. The van der Waals surface area contributed by atoms with Gasteiger partial charge in [-0.25, -0.2) is 0 Å². The first-order chi connectivity index (χ1) is 10.3. The second kappa shape index (κ2) is 8.77. The van der Waals surface area contributed by atoms with Crippen molar-refractivity contribution in [3.63, 3.8) is 0 Å². The summed E-state index contributed by atoms with van der Waals surface area (Å²) < 4.78 is 0. The molecule has 3 nitrogen and oxygen atoms in total. The molecule has 0 radical (unpaired) electrons. The van der Waals surface area contributed by atoms with Crippen LogP contribution in [0.4, 0.5) is 0 Å². The minimum absolute atomic E-state index is 0.0727. The van der Waals surface area contributed by atoms with Crippen LogP contribution in [0.25, 0.3) is 6.08 Å². The van der Waals surface area contributed by atoms with Crippen molar-refractivity contribution in [3.05, 3.63) is 50.9 Å². The summed E-state index contributed by atoms with van der Waals surface area (Å²) in [5.41, 5.74) is 1.25. The number of rotatable bonds is 8. The monoisotopic (exact) mass is 321 g/mol. The van der Waals surface area contributed by atoms with Gasteiger partial charge < -0.3 is 10.4 Å².